The molecule has 2 rings (SSSR count). The molecule has 0 heterocycles. The summed E-state index contributed by atoms with van der Waals surface area (Å²) in [6.07, 6.45) is 2.10. The third-order valence-electron chi connectivity index (χ3n) is 2.66. The highest BCUT2D eigenvalue weighted by Crippen LogP contribution is 2.08. The normalized spacial score (nSPS) is 12.3. The fraction of sp³-hybridized carbons (Fsp3) is 0.118. The first-order chi connectivity index (χ1) is 9.24. The number of hydrogen-bond acceptors (Lipinski definition) is 1. The molecule has 2 aromatic rings. The Morgan fingerprint density at radius 2 is 1.47 bits per heavy atom. The zero-order valence-corrected chi connectivity index (χ0v) is 11.4. The van der Waals surface area contributed by atoms with Crippen molar-refractivity contribution in [2.24, 2.45) is 0 Å². The first-order valence-corrected chi connectivity index (χ1v) is 6.40. The molecule has 0 aliphatic heterocycles. The average molecular weight is 251 g/mol. The van der Waals surface area contributed by atoms with Crippen molar-refractivity contribution in [3.05, 3.63) is 72.4 Å². The van der Waals surface area contributed by atoms with Gasteiger partial charge in [0.15, 0.2) is 5.71 Å². The van der Waals surface area contributed by atoms with Crippen molar-refractivity contribution in [3.63, 3.8) is 0 Å². The smallest absolute Gasteiger partial charge is 0.203 e. The van der Waals surface area contributed by atoms with E-state index in [0.29, 0.717) is 0 Å². The molecular formula is C17H19N2+. The van der Waals surface area contributed by atoms with E-state index in [1.54, 1.807) is 0 Å². The van der Waals surface area contributed by atoms with E-state index in [-0.39, 0.29) is 0 Å². The molecule has 0 spiro atoms. The molecule has 0 saturated heterocycles. The number of nitrogens with one attached hydrogen (secondary N) is 2. The molecule has 0 fully saturated rings. The Hall–Kier alpha value is -2.35. The molecule has 2 N–H and O–H groups in total. The molecule has 2 aromatic carbocycles. The van der Waals surface area contributed by atoms with Crippen LogP contribution in [0.3, 0.4) is 0 Å². The minimum Gasteiger partial charge on any atom is -0.359 e. The van der Waals surface area contributed by atoms with Gasteiger partial charge in [0, 0.05) is 36.5 Å². The summed E-state index contributed by atoms with van der Waals surface area (Å²) >= 11 is 0. The summed E-state index contributed by atoms with van der Waals surface area (Å²) in [6, 6.07) is 20.3. The van der Waals surface area contributed by atoms with Crippen molar-refractivity contribution >= 4 is 17.1 Å². The Morgan fingerprint density at radius 3 is 2.11 bits per heavy atom. The van der Waals surface area contributed by atoms with E-state index in [4.69, 9.17) is 0 Å². The van der Waals surface area contributed by atoms with Crippen LogP contribution in [0.5, 0.6) is 0 Å². The van der Waals surface area contributed by atoms with E-state index >= 15 is 0 Å². The molecule has 0 aliphatic rings. The van der Waals surface area contributed by atoms with E-state index in [1.807, 2.05) is 36.4 Å². The van der Waals surface area contributed by atoms with Crippen LogP contribution in [0.1, 0.15) is 13.8 Å². The highest BCUT2D eigenvalue weighted by molar-refractivity contribution is 5.89. The predicted molar refractivity (Wildman–Crippen MR) is 81.6 cm³/mol. The van der Waals surface area contributed by atoms with Gasteiger partial charge in [-0.05, 0) is 19.1 Å². The summed E-state index contributed by atoms with van der Waals surface area (Å²) in [7, 11) is 0. The molecule has 0 aliphatic carbocycles. The number of rotatable bonds is 4. The van der Waals surface area contributed by atoms with Crippen molar-refractivity contribution in [1.29, 1.82) is 0 Å². The van der Waals surface area contributed by atoms with E-state index in [1.165, 1.54) is 0 Å². The molecule has 0 aromatic heterocycles. The Bertz CT molecular complexity index is 569. The predicted octanol–water partition coefficient (Wildman–Crippen LogP) is 2.88. The molecule has 0 atom stereocenters. The van der Waals surface area contributed by atoms with Crippen molar-refractivity contribution in [2.75, 3.05) is 5.32 Å². The van der Waals surface area contributed by atoms with Gasteiger partial charge in [-0.15, -0.1) is 0 Å². The van der Waals surface area contributed by atoms with Crippen LogP contribution < -0.4 is 10.3 Å². The molecule has 0 saturated carbocycles. The first-order valence-electron chi connectivity index (χ1n) is 6.40. The van der Waals surface area contributed by atoms with Gasteiger partial charge in [-0.3, -0.25) is 0 Å². The SMILES string of the molecule is CC(/C=C(\C)Nc1ccccc1)=[NH+]c1ccccc1. The number of benzene rings is 2. The molecule has 0 bridgehead atoms. The maximum atomic E-state index is 3.36. The third kappa shape index (κ3) is 4.43. The summed E-state index contributed by atoms with van der Waals surface area (Å²) in [4.78, 5) is 3.36. The molecule has 0 radical (unpaired) electrons. The summed E-state index contributed by atoms with van der Waals surface area (Å²) in [5.41, 5.74) is 4.41. The van der Waals surface area contributed by atoms with Gasteiger partial charge in [0.05, 0.1) is 0 Å². The van der Waals surface area contributed by atoms with Crippen LogP contribution in [0, 0.1) is 0 Å². The lowest BCUT2D eigenvalue weighted by Gasteiger charge is -2.04. The van der Waals surface area contributed by atoms with Crippen molar-refractivity contribution in [3.8, 4) is 0 Å². The number of anilines is 1. The van der Waals surface area contributed by atoms with Gasteiger partial charge >= 0.3 is 0 Å². The summed E-state index contributed by atoms with van der Waals surface area (Å²) in [5.74, 6) is 0. The zero-order chi connectivity index (χ0) is 13.5. The molecule has 19 heavy (non-hydrogen) atoms. The third-order valence-corrected chi connectivity index (χ3v) is 2.66. The second-order valence-electron chi connectivity index (χ2n) is 4.49. The lowest BCUT2D eigenvalue weighted by molar-refractivity contribution is -0.353. The topological polar surface area (TPSA) is 26.0 Å². The molecular weight excluding hydrogens is 232 g/mol. The Labute approximate surface area is 114 Å². The van der Waals surface area contributed by atoms with Crippen LogP contribution >= 0.6 is 0 Å². The van der Waals surface area contributed by atoms with Gasteiger partial charge in [-0.1, -0.05) is 36.4 Å². The van der Waals surface area contributed by atoms with Crippen LogP contribution in [0.25, 0.3) is 0 Å². The standard InChI is InChI=1S/C17H18N2/c1-14(18-16-9-5-3-6-10-16)13-15(2)19-17-11-7-4-8-12-17/h3-13,18H,1-2H3/p+1/b14-13+,19-15?. The minimum atomic E-state index is 1.10. The van der Waals surface area contributed by atoms with Crippen LogP contribution in [0.2, 0.25) is 0 Å². The average Bonchev–Trinajstić information content (AvgIpc) is 2.40. The molecule has 0 unspecified atom stereocenters. The molecule has 2 nitrogen and oxygen atoms in total. The van der Waals surface area contributed by atoms with Gasteiger partial charge < -0.3 is 5.32 Å². The second kappa shape index (κ2) is 6.55. The van der Waals surface area contributed by atoms with Crippen molar-refractivity contribution < 1.29 is 4.99 Å². The number of para-hydroxylation sites is 2. The Morgan fingerprint density at radius 1 is 0.895 bits per heavy atom. The quantitative estimate of drug-likeness (QED) is 0.803. The van der Waals surface area contributed by atoms with Gasteiger partial charge in [0.2, 0.25) is 5.69 Å². The maximum Gasteiger partial charge on any atom is 0.203 e. The summed E-state index contributed by atoms with van der Waals surface area (Å²) < 4.78 is 0. The second-order valence-corrected chi connectivity index (χ2v) is 4.49. The first kappa shape index (κ1) is 13.1. The molecule has 2 heteroatoms. The van der Waals surface area contributed by atoms with Crippen molar-refractivity contribution in [2.45, 2.75) is 13.8 Å². The summed E-state index contributed by atoms with van der Waals surface area (Å²) in [5, 5.41) is 3.36. The van der Waals surface area contributed by atoms with E-state index in [2.05, 4.69) is 54.5 Å². The highest BCUT2D eigenvalue weighted by Gasteiger charge is 1.98. The van der Waals surface area contributed by atoms with Gasteiger partial charge in [-0.25, -0.2) is 4.99 Å². The molecule has 0 amide bonds. The van der Waals surface area contributed by atoms with E-state index in [9.17, 15) is 0 Å². The van der Waals surface area contributed by atoms with Gasteiger partial charge in [-0.2, -0.15) is 0 Å². The van der Waals surface area contributed by atoms with Crippen LogP contribution in [0.15, 0.2) is 72.4 Å². The largest absolute Gasteiger partial charge is 0.359 e. The van der Waals surface area contributed by atoms with E-state index in [0.717, 1.165) is 22.8 Å². The van der Waals surface area contributed by atoms with Crippen LogP contribution in [0.4, 0.5) is 11.4 Å². The number of allylic oxidation sites excluding steroid dienone is 2. The Balaban J connectivity index is 2.06. The molecule has 96 valence electrons. The van der Waals surface area contributed by atoms with Crippen molar-refractivity contribution in [1.82, 2.24) is 0 Å². The highest BCUT2D eigenvalue weighted by atomic mass is 14.9. The monoisotopic (exact) mass is 251 g/mol. The fourth-order valence-corrected chi connectivity index (χ4v) is 1.90. The Kier molecular flexibility index (Phi) is 4.51. The maximum absolute atomic E-state index is 3.36. The lowest BCUT2D eigenvalue weighted by atomic mass is 10.2. The minimum absolute atomic E-state index is 1.10. The van der Waals surface area contributed by atoms with Crippen LogP contribution in [-0.2, 0) is 0 Å². The van der Waals surface area contributed by atoms with Gasteiger partial charge in [0.25, 0.3) is 0 Å². The number of hydrogen-bond donors (Lipinski definition) is 2. The van der Waals surface area contributed by atoms with Gasteiger partial charge in [0.1, 0.15) is 0 Å². The fourth-order valence-electron chi connectivity index (χ4n) is 1.90. The zero-order valence-electron chi connectivity index (χ0n) is 11.4. The summed E-state index contributed by atoms with van der Waals surface area (Å²) in [6.45, 7) is 4.12. The van der Waals surface area contributed by atoms with E-state index < -0.39 is 0 Å². The van der Waals surface area contributed by atoms with Crippen LogP contribution in [-0.4, -0.2) is 5.71 Å². The lowest BCUT2D eigenvalue weighted by Crippen LogP contribution is -2.65.